The van der Waals surface area contributed by atoms with Gasteiger partial charge in [0.1, 0.15) is 6.54 Å². The zero-order valence-corrected chi connectivity index (χ0v) is 16.3. The van der Waals surface area contributed by atoms with Gasteiger partial charge in [-0.1, -0.05) is 56.3 Å². The van der Waals surface area contributed by atoms with Crippen LogP contribution in [0.3, 0.4) is 0 Å². The minimum Gasteiger partial charge on any atom is -0.354 e. The fourth-order valence-corrected chi connectivity index (χ4v) is 3.51. The fraction of sp³-hybridized carbons (Fsp3) is 0.350. The summed E-state index contributed by atoms with van der Waals surface area (Å²) in [5.41, 5.74) is 2.74. The zero-order chi connectivity index (χ0) is 19.2. The Labute approximate surface area is 156 Å². The van der Waals surface area contributed by atoms with E-state index in [1.165, 1.54) is 0 Å². The molecule has 0 radical (unpaired) electrons. The van der Waals surface area contributed by atoms with E-state index in [9.17, 15) is 13.2 Å². The maximum Gasteiger partial charge on any atom is 0.240 e. The Kier molecular flexibility index (Phi) is 6.80. The number of nitrogens with zero attached hydrogens (tertiary/aromatic N) is 1. The molecule has 2 aromatic rings. The van der Waals surface area contributed by atoms with Crippen molar-refractivity contribution < 1.29 is 13.2 Å². The maximum absolute atomic E-state index is 12.3. The molecule has 2 aromatic carbocycles. The van der Waals surface area contributed by atoms with Crippen LogP contribution >= 0.6 is 0 Å². The highest BCUT2D eigenvalue weighted by Gasteiger charge is 2.21. The number of amides is 1. The second-order valence-corrected chi connectivity index (χ2v) is 8.31. The van der Waals surface area contributed by atoms with E-state index in [1.54, 1.807) is 12.1 Å². The fourth-order valence-electron chi connectivity index (χ4n) is 2.65. The second-order valence-electron chi connectivity index (χ2n) is 6.41. The van der Waals surface area contributed by atoms with Crippen LogP contribution in [0.4, 0.5) is 5.69 Å². The van der Waals surface area contributed by atoms with E-state index < -0.39 is 10.0 Å². The minimum atomic E-state index is -3.55. The number of carbonyl (C=O) groups excluding carboxylic acids is 1. The Morgan fingerprint density at radius 3 is 2.23 bits per heavy atom. The van der Waals surface area contributed by atoms with Gasteiger partial charge in [0.2, 0.25) is 15.9 Å². The van der Waals surface area contributed by atoms with Crippen molar-refractivity contribution in [1.29, 1.82) is 0 Å². The van der Waals surface area contributed by atoms with Gasteiger partial charge >= 0.3 is 0 Å². The molecule has 5 nitrogen and oxygen atoms in total. The Hall–Kier alpha value is -2.34. The highest BCUT2D eigenvalue weighted by molar-refractivity contribution is 7.92. The first-order chi connectivity index (χ1) is 12.3. The van der Waals surface area contributed by atoms with Crippen LogP contribution in [0.25, 0.3) is 0 Å². The molecule has 6 heteroatoms. The molecule has 140 valence electrons. The standard InChI is InChI=1S/C20H26N2O3S/c1-4-17-10-12-19(13-11-17)22(26(3,24)25)15-20(23)21-14-16(2)18-8-6-5-7-9-18/h5-13,16H,4,14-15H2,1-3H3,(H,21,23)/t16-/m0/s1. The third-order valence-corrected chi connectivity index (χ3v) is 5.43. The largest absolute Gasteiger partial charge is 0.354 e. The molecule has 26 heavy (non-hydrogen) atoms. The van der Waals surface area contributed by atoms with E-state index in [4.69, 9.17) is 0 Å². The van der Waals surface area contributed by atoms with E-state index in [1.807, 2.05) is 56.3 Å². The van der Waals surface area contributed by atoms with Crippen molar-refractivity contribution in [3.05, 3.63) is 65.7 Å². The molecule has 0 saturated heterocycles. The van der Waals surface area contributed by atoms with Gasteiger partial charge in [-0.2, -0.15) is 0 Å². The molecule has 1 atom stereocenters. The first kappa shape index (κ1) is 20.0. The number of carbonyl (C=O) groups is 1. The Morgan fingerprint density at radius 2 is 1.69 bits per heavy atom. The van der Waals surface area contributed by atoms with E-state index in [-0.39, 0.29) is 18.4 Å². The van der Waals surface area contributed by atoms with Gasteiger partial charge in [0.25, 0.3) is 0 Å². The topological polar surface area (TPSA) is 66.5 Å². The predicted molar refractivity (Wildman–Crippen MR) is 106 cm³/mol. The van der Waals surface area contributed by atoms with Crippen LogP contribution in [-0.2, 0) is 21.2 Å². The summed E-state index contributed by atoms with van der Waals surface area (Å²) < 4.78 is 25.4. The van der Waals surface area contributed by atoms with Crippen molar-refractivity contribution in [2.45, 2.75) is 26.2 Å². The summed E-state index contributed by atoms with van der Waals surface area (Å²) in [4.78, 5) is 12.3. The Bertz CT molecular complexity index is 818. The molecule has 0 aromatic heterocycles. The van der Waals surface area contributed by atoms with Gasteiger partial charge in [0, 0.05) is 6.54 Å². The highest BCUT2D eigenvalue weighted by atomic mass is 32.2. The molecule has 0 aliphatic heterocycles. The second kappa shape index (κ2) is 8.85. The SMILES string of the molecule is CCc1ccc(N(CC(=O)NC[C@H](C)c2ccccc2)S(C)(=O)=O)cc1. The van der Waals surface area contributed by atoms with Crippen molar-refractivity contribution in [3.8, 4) is 0 Å². The van der Waals surface area contributed by atoms with E-state index in [0.717, 1.165) is 28.1 Å². The molecule has 0 bridgehead atoms. The van der Waals surface area contributed by atoms with Crippen molar-refractivity contribution in [2.24, 2.45) is 0 Å². The summed E-state index contributed by atoms with van der Waals surface area (Å²) in [6, 6.07) is 17.1. The molecule has 0 saturated carbocycles. The molecule has 0 heterocycles. The summed E-state index contributed by atoms with van der Waals surface area (Å²) in [5, 5.41) is 2.83. The number of sulfonamides is 1. The van der Waals surface area contributed by atoms with E-state index in [2.05, 4.69) is 5.32 Å². The molecule has 1 N–H and O–H groups in total. The van der Waals surface area contributed by atoms with Gasteiger partial charge in [0.05, 0.1) is 11.9 Å². The first-order valence-electron chi connectivity index (χ1n) is 8.69. The summed E-state index contributed by atoms with van der Waals surface area (Å²) in [5.74, 6) is -0.173. The average Bonchev–Trinajstić information content (AvgIpc) is 2.64. The molecular formula is C20H26N2O3S. The van der Waals surface area contributed by atoms with Crippen LogP contribution in [0.1, 0.15) is 30.9 Å². The third-order valence-electron chi connectivity index (χ3n) is 4.29. The number of aryl methyl sites for hydroxylation is 1. The quantitative estimate of drug-likeness (QED) is 0.772. The van der Waals surface area contributed by atoms with Crippen molar-refractivity contribution in [1.82, 2.24) is 5.32 Å². The monoisotopic (exact) mass is 374 g/mol. The van der Waals surface area contributed by atoms with Crippen LogP contribution in [-0.4, -0.2) is 33.7 Å². The number of benzene rings is 2. The number of nitrogens with one attached hydrogen (secondary N) is 1. The summed E-state index contributed by atoms with van der Waals surface area (Å²) in [7, 11) is -3.55. The van der Waals surface area contributed by atoms with Crippen LogP contribution in [0, 0.1) is 0 Å². The summed E-state index contributed by atoms with van der Waals surface area (Å²) in [6.07, 6.45) is 1.98. The first-order valence-corrected chi connectivity index (χ1v) is 10.5. The molecule has 0 fully saturated rings. The van der Waals surface area contributed by atoms with Gasteiger partial charge in [0.15, 0.2) is 0 Å². The van der Waals surface area contributed by atoms with E-state index >= 15 is 0 Å². The average molecular weight is 375 g/mol. The van der Waals surface area contributed by atoms with Gasteiger partial charge < -0.3 is 5.32 Å². The minimum absolute atomic E-state index is 0.149. The maximum atomic E-state index is 12.3. The van der Waals surface area contributed by atoms with E-state index in [0.29, 0.717) is 12.2 Å². The normalized spacial score (nSPS) is 12.4. The van der Waals surface area contributed by atoms with Crippen molar-refractivity contribution in [3.63, 3.8) is 0 Å². The van der Waals surface area contributed by atoms with Crippen LogP contribution < -0.4 is 9.62 Å². The van der Waals surface area contributed by atoms with Crippen LogP contribution in [0.15, 0.2) is 54.6 Å². The number of anilines is 1. The Morgan fingerprint density at radius 1 is 1.08 bits per heavy atom. The van der Waals surface area contributed by atoms with Gasteiger partial charge in [-0.15, -0.1) is 0 Å². The van der Waals surface area contributed by atoms with Crippen molar-refractivity contribution in [2.75, 3.05) is 23.7 Å². The zero-order valence-electron chi connectivity index (χ0n) is 15.5. The summed E-state index contributed by atoms with van der Waals surface area (Å²) >= 11 is 0. The number of hydrogen-bond donors (Lipinski definition) is 1. The highest BCUT2D eigenvalue weighted by Crippen LogP contribution is 2.18. The van der Waals surface area contributed by atoms with Crippen LogP contribution in [0.5, 0.6) is 0 Å². The third kappa shape index (κ3) is 5.59. The lowest BCUT2D eigenvalue weighted by Crippen LogP contribution is -2.41. The number of rotatable bonds is 8. The predicted octanol–water partition coefficient (Wildman–Crippen LogP) is 2.93. The van der Waals surface area contributed by atoms with Gasteiger partial charge in [-0.25, -0.2) is 8.42 Å². The smallest absolute Gasteiger partial charge is 0.240 e. The molecule has 2 rings (SSSR count). The molecule has 1 amide bonds. The molecular weight excluding hydrogens is 348 g/mol. The lowest BCUT2D eigenvalue weighted by atomic mass is 10.0. The van der Waals surface area contributed by atoms with Gasteiger partial charge in [-0.05, 0) is 35.6 Å². The number of hydrogen-bond acceptors (Lipinski definition) is 3. The lowest BCUT2D eigenvalue weighted by Gasteiger charge is -2.22. The van der Waals surface area contributed by atoms with Crippen molar-refractivity contribution >= 4 is 21.6 Å². The molecule has 0 spiro atoms. The van der Waals surface area contributed by atoms with Crippen LogP contribution in [0.2, 0.25) is 0 Å². The lowest BCUT2D eigenvalue weighted by molar-refractivity contribution is -0.119. The molecule has 0 unspecified atom stereocenters. The molecule has 0 aliphatic rings. The molecule has 0 aliphatic carbocycles. The van der Waals surface area contributed by atoms with Gasteiger partial charge in [-0.3, -0.25) is 9.10 Å². The Balaban J connectivity index is 2.02. The summed E-state index contributed by atoms with van der Waals surface area (Å²) in [6.45, 7) is 4.28.